The summed E-state index contributed by atoms with van der Waals surface area (Å²) in [5, 5.41) is 0. The van der Waals surface area contributed by atoms with Gasteiger partial charge in [0.1, 0.15) is 0 Å². The molecule has 1 heterocycles. The molecule has 2 N–H and O–H groups in total. The quantitative estimate of drug-likeness (QED) is 0.642. The van der Waals surface area contributed by atoms with E-state index >= 15 is 0 Å². The summed E-state index contributed by atoms with van der Waals surface area (Å²) in [5.41, 5.74) is 2.81. The molecule has 0 aromatic heterocycles. The highest BCUT2D eigenvalue weighted by Gasteiger charge is 2.16. The molecule has 0 spiro atoms. The van der Waals surface area contributed by atoms with Crippen molar-refractivity contribution < 1.29 is 14.4 Å². The summed E-state index contributed by atoms with van der Waals surface area (Å²) in [5.74, 6) is 0.516. The molecule has 100 valence electrons. The lowest BCUT2D eigenvalue weighted by Gasteiger charge is -2.28. The van der Waals surface area contributed by atoms with Gasteiger partial charge in [0, 0.05) is 18.8 Å². The minimum absolute atomic E-state index is 0.516. The van der Waals surface area contributed by atoms with Crippen LogP contribution >= 0.6 is 18.2 Å². The van der Waals surface area contributed by atoms with Crippen LogP contribution in [0.4, 0.5) is 0 Å². The Balaban J connectivity index is 1.75. The van der Waals surface area contributed by atoms with E-state index in [4.69, 9.17) is 9.79 Å². The Kier molecular flexibility index (Phi) is 4.87. The summed E-state index contributed by atoms with van der Waals surface area (Å²) in [6.07, 6.45) is 1.89. The van der Waals surface area contributed by atoms with E-state index in [1.807, 2.05) is 0 Å². The highest BCUT2D eigenvalue weighted by molar-refractivity contribution is 8.54. The zero-order valence-electron chi connectivity index (χ0n) is 10.2. The molecule has 1 aliphatic heterocycles. The predicted octanol–water partition coefficient (Wildman–Crippen LogP) is 2.26. The van der Waals surface area contributed by atoms with Crippen LogP contribution in [0.3, 0.4) is 0 Å². The average Bonchev–Trinajstić information content (AvgIpc) is 2.33. The first kappa shape index (κ1) is 14.1. The van der Waals surface area contributed by atoms with Gasteiger partial charge in [-0.3, -0.25) is 4.90 Å². The maximum Gasteiger partial charge on any atom is 0.383 e. The van der Waals surface area contributed by atoms with E-state index in [1.54, 1.807) is 0 Å². The molecule has 0 radical (unpaired) electrons. The second kappa shape index (κ2) is 6.22. The molecule has 0 saturated carbocycles. The van der Waals surface area contributed by atoms with Crippen molar-refractivity contribution in [1.29, 1.82) is 0 Å². The fourth-order valence-corrected chi connectivity index (χ4v) is 3.81. The lowest BCUT2D eigenvalue weighted by atomic mass is 10.00. The van der Waals surface area contributed by atoms with Crippen LogP contribution in [0.2, 0.25) is 0 Å². The second-order valence-electron chi connectivity index (χ2n) is 4.47. The Bertz CT molecular complexity index is 449. The van der Waals surface area contributed by atoms with Gasteiger partial charge < -0.3 is 9.79 Å². The normalized spacial score (nSPS) is 16.6. The van der Waals surface area contributed by atoms with Crippen LogP contribution in [0.25, 0.3) is 0 Å². The van der Waals surface area contributed by atoms with Crippen molar-refractivity contribution in [2.75, 3.05) is 18.8 Å². The molecule has 4 nitrogen and oxygen atoms in total. The molecule has 0 atom stereocenters. The number of rotatable bonds is 5. The van der Waals surface area contributed by atoms with Gasteiger partial charge in [-0.15, -0.1) is 0 Å². The van der Waals surface area contributed by atoms with E-state index < -0.39 is 6.80 Å². The summed E-state index contributed by atoms with van der Waals surface area (Å²) in [6.45, 7) is -0.992. The van der Waals surface area contributed by atoms with Gasteiger partial charge in [0.05, 0.1) is 0 Å². The summed E-state index contributed by atoms with van der Waals surface area (Å²) < 4.78 is 10.7. The van der Waals surface area contributed by atoms with Crippen molar-refractivity contribution >= 4 is 18.2 Å². The highest BCUT2D eigenvalue weighted by atomic mass is 32.7. The zero-order valence-corrected chi connectivity index (χ0v) is 11.9. The first-order valence-electron chi connectivity index (χ1n) is 6.04. The monoisotopic (exact) mass is 287 g/mol. The van der Waals surface area contributed by atoms with Crippen molar-refractivity contribution in [3.8, 4) is 0 Å². The van der Waals surface area contributed by atoms with E-state index in [9.17, 15) is 4.57 Å². The van der Waals surface area contributed by atoms with E-state index in [-0.39, 0.29) is 0 Å². The molecule has 0 unspecified atom stereocenters. The van der Waals surface area contributed by atoms with Gasteiger partial charge in [-0.1, -0.05) is 24.3 Å². The maximum atomic E-state index is 10.7. The fourth-order valence-electron chi connectivity index (χ4n) is 2.22. The van der Waals surface area contributed by atoms with Crippen molar-refractivity contribution in [2.24, 2.45) is 0 Å². The van der Waals surface area contributed by atoms with Gasteiger partial charge in [-0.05, 0) is 41.9 Å². The Morgan fingerprint density at radius 1 is 1.28 bits per heavy atom. The van der Waals surface area contributed by atoms with Crippen LogP contribution in [0, 0.1) is 0 Å². The predicted molar refractivity (Wildman–Crippen MR) is 74.5 cm³/mol. The van der Waals surface area contributed by atoms with Crippen LogP contribution < -0.4 is 0 Å². The Hall–Kier alpha value is -0.320. The van der Waals surface area contributed by atoms with E-state index in [0.29, 0.717) is 5.75 Å². The van der Waals surface area contributed by atoms with Gasteiger partial charge in [-0.2, -0.15) is 0 Å². The molecule has 1 aliphatic rings. The molecule has 0 fully saturated rings. The first-order valence-corrected chi connectivity index (χ1v) is 9.24. The summed E-state index contributed by atoms with van der Waals surface area (Å²) in [4.78, 5) is 19.8. The number of hydrogen-bond donors (Lipinski definition) is 2. The average molecular weight is 287 g/mol. The number of nitrogens with zero attached hydrogens (tertiary/aromatic N) is 1. The molecule has 18 heavy (non-hydrogen) atoms. The van der Waals surface area contributed by atoms with Crippen molar-refractivity contribution in [3.63, 3.8) is 0 Å². The number of hydrogen-bond acceptors (Lipinski definition) is 3. The molecule has 0 saturated heterocycles. The number of fused-ring (bicyclic) bond motifs is 1. The Morgan fingerprint density at radius 2 is 2.00 bits per heavy atom. The third kappa shape index (κ3) is 4.41. The maximum absolute atomic E-state index is 10.7. The first-order chi connectivity index (χ1) is 8.54. The van der Waals surface area contributed by atoms with Gasteiger partial charge >= 0.3 is 6.80 Å². The molecular formula is C12H18NO3PS. The van der Waals surface area contributed by atoms with Gasteiger partial charge in [0.15, 0.2) is 0 Å². The second-order valence-corrected chi connectivity index (χ2v) is 8.32. The van der Waals surface area contributed by atoms with Crippen LogP contribution in [0.15, 0.2) is 24.3 Å². The third-order valence-corrected chi connectivity index (χ3v) is 5.45. The lowest BCUT2D eigenvalue weighted by Crippen LogP contribution is -2.31. The molecular weight excluding hydrogens is 269 g/mol. The minimum Gasteiger partial charge on any atom is -0.317 e. The summed E-state index contributed by atoms with van der Waals surface area (Å²) >= 11 is 0.748. The molecule has 6 heteroatoms. The van der Waals surface area contributed by atoms with Crippen LogP contribution in [-0.2, 0) is 17.5 Å². The Morgan fingerprint density at radius 3 is 2.72 bits per heavy atom. The standard InChI is InChI=1S/C12H18NO3PS/c14-17(15,16)18-9-3-7-13-8-6-11-4-1-2-5-12(11)10-13/h1-2,4-5H,3,6-10H2,(H2,14,15,16). The SMILES string of the molecule is O=P(O)(O)SCCCN1CCc2ccccc2C1. The van der Waals surface area contributed by atoms with Crippen LogP contribution in [0.5, 0.6) is 0 Å². The molecule has 1 aromatic carbocycles. The topological polar surface area (TPSA) is 60.8 Å². The van der Waals surface area contributed by atoms with E-state index in [1.165, 1.54) is 11.1 Å². The van der Waals surface area contributed by atoms with Crippen LogP contribution in [0.1, 0.15) is 17.5 Å². The number of benzene rings is 1. The van der Waals surface area contributed by atoms with E-state index in [0.717, 1.165) is 43.9 Å². The smallest absolute Gasteiger partial charge is 0.317 e. The molecule has 0 bridgehead atoms. The lowest BCUT2D eigenvalue weighted by molar-refractivity contribution is 0.255. The Labute approximate surface area is 111 Å². The largest absolute Gasteiger partial charge is 0.383 e. The van der Waals surface area contributed by atoms with Crippen LogP contribution in [-0.4, -0.2) is 33.5 Å². The van der Waals surface area contributed by atoms with E-state index in [2.05, 4.69) is 29.2 Å². The van der Waals surface area contributed by atoms with Crippen molar-refractivity contribution in [1.82, 2.24) is 4.90 Å². The summed E-state index contributed by atoms with van der Waals surface area (Å²) in [6, 6.07) is 8.47. The van der Waals surface area contributed by atoms with Crippen molar-refractivity contribution in [2.45, 2.75) is 19.4 Å². The van der Waals surface area contributed by atoms with Gasteiger partial charge in [0.2, 0.25) is 0 Å². The molecule has 2 rings (SSSR count). The third-order valence-electron chi connectivity index (χ3n) is 3.09. The zero-order chi connectivity index (χ0) is 13.0. The molecule has 0 aliphatic carbocycles. The molecule has 1 aromatic rings. The van der Waals surface area contributed by atoms with Gasteiger partial charge in [0.25, 0.3) is 0 Å². The highest BCUT2D eigenvalue weighted by Crippen LogP contribution is 2.50. The molecule has 0 amide bonds. The summed E-state index contributed by atoms with van der Waals surface area (Å²) in [7, 11) is 0. The fraction of sp³-hybridized carbons (Fsp3) is 0.500. The van der Waals surface area contributed by atoms with Crippen molar-refractivity contribution in [3.05, 3.63) is 35.4 Å². The minimum atomic E-state index is -3.89. The van der Waals surface area contributed by atoms with Gasteiger partial charge in [-0.25, -0.2) is 4.57 Å².